The van der Waals surface area contributed by atoms with Gasteiger partial charge in [0, 0.05) is 30.9 Å². The average molecular weight is 396 g/mol. The zero-order chi connectivity index (χ0) is 20.8. The minimum absolute atomic E-state index is 0.198. The van der Waals surface area contributed by atoms with Gasteiger partial charge in [0.2, 0.25) is 0 Å². The highest BCUT2D eigenvalue weighted by atomic mass is 19.1. The molecule has 0 aliphatic carbocycles. The number of nitrogens with two attached hydrogens (primary N) is 1. The van der Waals surface area contributed by atoms with Crippen LogP contribution in [0.5, 0.6) is 0 Å². The summed E-state index contributed by atoms with van der Waals surface area (Å²) in [6.07, 6.45) is 4.34. The van der Waals surface area contributed by atoms with E-state index in [0.29, 0.717) is 42.7 Å². The Balaban J connectivity index is 1.53. The van der Waals surface area contributed by atoms with E-state index in [4.69, 9.17) is 18.0 Å². The molecule has 2 aromatic rings. The van der Waals surface area contributed by atoms with Crippen LogP contribution in [0.25, 0.3) is 6.08 Å². The number of hydrogen-bond donors (Lipinski definition) is 2. The van der Waals surface area contributed by atoms with Gasteiger partial charge in [-0.3, -0.25) is 4.79 Å². The third-order valence-corrected chi connectivity index (χ3v) is 5.20. The highest BCUT2D eigenvalue weighted by Crippen LogP contribution is 2.16. The first-order valence-electron chi connectivity index (χ1n) is 9.75. The number of nitrogens with zero attached hydrogens (tertiary/aromatic N) is 2. The van der Waals surface area contributed by atoms with E-state index < -0.39 is 5.83 Å². The smallest absolute Gasteiger partial charge is 0.251 e. The summed E-state index contributed by atoms with van der Waals surface area (Å²) in [7, 11) is 5.59. The summed E-state index contributed by atoms with van der Waals surface area (Å²) in [5, 5.41) is 3.49. The minimum atomic E-state index is -0.527. The van der Waals surface area contributed by atoms with Crippen LogP contribution < -0.4 is 22.3 Å². The number of anilines is 1. The quantitative estimate of drug-likeness (QED) is 0.523. The summed E-state index contributed by atoms with van der Waals surface area (Å²) in [5.74, 6) is 0.305. The van der Waals surface area contributed by atoms with Crippen molar-refractivity contribution in [2.45, 2.75) is 32.0 Å². The number of nitrogen functional groups attached to an aromatic ring is 1. The van der Waals surface area contributed by atoms with Gasteiger partial charge in [0.25, 0.3) is 5.56 Å². The van der Waals surface area contributed by atoms with Crippen LogP contribution in [0.1, 0.15) is 24.3 Å². The number of aromatic nitrogens is 1. The van der Waals surface area contributed by atoms with Crippen molar-refractivity contribution in [1.82, 2.24) is 14.8 Å². The fourth-order valence-corrected chi connectivity index (χ4v) is 3.53. The van der Waals surface area contributed by atoms with E-state index >= 15 is 0 Å². The molecule has 0 unspecified atom stereocenters. The molecule has 0 atom stereocenters. The largest absolute Gasteiger partial charge is 0.476 e. The summed E-state index contributed by atoms with van der Waals surface area (Å²) in [6.45, 7) is 7.04. The molecular weight excluding hydrogens is 370 g/mol. The fraction of sp³-hybridized carbons (Fsp3) is 0.381. The van der Waals surface area contributed by atoms with Crippen LogP contribution in [0.3, 0.4) is 0 Å². The molecule has 1 aliphatic heterocycles. The predicted molar refractivity (Wildman–Crippen MR) is 115 cm³/mol. The molecule has 0 aromatic carbocycles. The number of hydrogen-bond acceptors (Lipinski definition) is 5. The Bertz CT molecular complexity index is 929. The Morgan fingerprint density at radius 1 is 1.31 bits per heavy atom. The Morgan fingerprint density at radius 3 is 2.72 bits per heavy atom. The molecule has 0 bridgehead atoms. The van der Waals surface area contributed by atoms with Gasteiger partial charge >= 0.3 is 0 Å². The van der Waals surface area contributed by atoms with Crippen LogP contribution in [0.15, 0.2) is 52.0 Å². The number of allylic oxidation sites excluding steroid dienone is 2. The van der Waals surface area contributed by atoms with E-state index in [-0.39, 0.29) is 5.56 Å². The summed E-state index contributed by atoms with van der Waals surface area (Å²) in [5.41, 5.74) is 6.93. The standard InChI is InChI=1S/C21H26BFN4O2/c1-2-15(23)13-19-18(24)4-6-21(28)27(19)12-11-26-9-7-16(8-10-26)25-14-17-3-5-20(22)29-17/h2-6,13,16,25H,1,7-12,14,24H2/b15-13+. The van der Waals surface area contributed by atoms with Gasteiger partial charge in [-0.05, 0) is 56.3 Å². The Labute approximate surface area is 171 Å². The number of piperidine rings is 1. The van der Waals surface area contributed by atoms with Crippen LogP contribution in [-0.4, -0.2) is 43.0 Å². The maximum atomic E-state index is 13.7. The molecular formula is C21H26BFN4O2. The van der Waals surface area contributed by atoms with E-state index in [1.165, 1.54) is 22.8 Å². The molecule has 6 nitrogen and oxygen atoms in total. The zero-order valence-corrected chi connectivity index (χ0v) is 16.4. The lowest BCUT2D eigenvalue weighted by Crippen LogP contribution is -2.43. The highest BCUT2D eigenvalue weighted by Gasteiger charge is 2.19. The molecule has 0 saturated carbocycles. The molecule has 0 amide bonds. The second-order valence-corrected chi connectivity index (χ2v) is 7.20. The fourth-order valence-electron chi connectivity index (χ4n) is 3.53. The predicted octanol–water partition coefficient (Wildman–Crippen LogP) is 1.57. The lowest BCUT2D eigenvalue weighted by molar-refractivity contribution is 0.189. The van der Waals surface area contributed by atoms with E-state index in [9.17, 15) is 9.18 Å². The molecule has 152 valence electrons. The summed E-state index contributed by atoms with van der Waals surface area (Å²) in [6, 6.07) is 6.96. The topological polar surface area (TPSA) is 76.4 Å². The molecule has 3 heterocycles. The van der Waals surface area contributed by atoms with E-state index in [1.807, 2.05) is 6.07 Å². The summed E-state index contributed by atoms with van der Waals surface area (Å²) >= 11 is 0. The first-order chi connectivity index (χ1) is 14.0. The zero-order valence-electron chi connectivity index (χ0n) is 16.4. The Morgan fingerprint density at radius 2 is 2.07 bits per heavy atom. The van der Waals surface area contributed by atoms with Crippen molar-refractivity contribution in [1.29, 1.82) is 0 Å². The van der Waals surface area contributed by atoms with Crippen LogP contribution in [-0.2, 0) is 13.1 Å². The second-order valence-electron chi connectivity index (χ2n) is 7.20. The first kappa shape index (κ1) is 21.1. The molecule has 8 heteroatoms. The third kappa shape index (κ3) is 5.71. The molecule has 0 spiro atoms. The van der Waals surface area contributed by atoms with Gasteiger partial charge in [-0.2, -0.15) is 0 Å². The van der Waals surface area contributed by atoms with Gasteiger partial charge in [0.15, 0.2) is 7.85 Å². The van der Waals surface area contributed by atoms with Crippen LogP contribution >= 0.6 is 0 Å². The van der Waals surface area contributed by atoms with Gasteiger partial charge in [-0.1, -0.05) is 6.58 Å². The molecule has 2 aromatic heterocycles. The Kier molecular flexibility index (Phi) is 7.11. The lowest BCUT2D eigenvalue weighted by atomic mass is 10.0. The first-order valence-corrected chi connectivity index (χ1v) is 9.75. The normalized spacial score (nSPS) is 16.2. The molecule has 1 aliphatic rings. The van der Waals surface area contributed by atoms with Crippen LogP contribution in [0.2, 0.25) is 0 Å². The SMILES string of the molecule is [B]c1ccc(CNC2CCN(CCn3c(/C=C(/F)C=C)c(N)ccc3=O)CC2)o1. The average Bonchev–Trinajstić information content (AvgIpc) is 3.14. The minimum Gasteiger partial charge on any atom is -0.476 e. The van der Waals surface area contributed by atoms with Crippen molar-refractivity contribution in [2.75, 3.05) is 25.4 Å². The van der Waals surface area contributed by atoms with Crippen molar-refractivity contribution in [2.24, 2.45) is 0 Å². The van der Waals surface area contributed by atoms with Crippen molar-refractivity contribution in [3.63, 3.8) is 0 Å². The van der Waals surface area contributed by atoms with Crippen molar-refractivity contribution < 1.29 is 8.81 Å². The monoisotopic (exact) mass is 396 g/mol. The van der Waals surface area contributed by atoms with E-state index in [0.717, 1.165) is 37.8 Å². The van der Waals surface area contributed by atoms with Gasteiger partial charge in [-0.25, -0.2) is 4.39 Å². The summed E-state index contributed by atoms with van der Waals surface area (Å²) in [4.78, 5) is 14.6. The highest BCUT2D eigenvalue weighted by molar-refractivity contribution is 6.29. The number of likely N-dealkylation sites (tertiary alicyclic amines) is 1. The summed E-state index contributed by atoms with van der Waals surface area (Å²) < 4.78 is 20.6. The maximum absolute atomic E-state index is 13.7. The van der Waals surface area contributed by atoms with Gasteiger partial charge < -0.3 is 24.9 Å². The molecule has 3 rings (SSSR count). The van der Waals surface area contributed by atoms with E-state index in [1.54, 1.807) is 6.07 Å². The second kappa shape index (κ2) is 9.76. The molecule has 1 fully saturated rings. The van der Waals surface area contributed by atoms with Crippen molar-refractivity contribution in [3.05, 3.63) is 64.6 Å². The van der Waals surface area contributed by atoms with Crippen LogP contribution in [0.4, 0.5) is 10.1 Å². The van der Waals surface area contributed by atoms with Crippen LogP contribution in [0, 0.1) is 0 Å². The maximum Gasteiger partial charge on any atom is 0.251 e. The molecule has 2 radical (unpaired) electrons. The number of rotatable bonds is 8. The lowest BCUT2D eigenvalue weighted by Gasteiger charge is -2.32. The van der Waals surface area contributed by atoms with E-state index in [2.05, 4.69) is 16.8 Å². The van der Waals surface area contributed by atoms with Crippen molar-refractivity contribution >= 4 is 25.3 Å². The molecule has 3 N–H and O–H groups in total. The van der Waals surface area contributed by atoms with Gasteiger partial charge in [0.1, 0.15) is 11.6 Å². The molecule has 1 saturated heterocycles. The van der Waals surface area contributed by atoms with Gasteiger partial charge in [0.05, 0.1) is 17.9 Å². The third-order valence-electron chi connectivity index (χ3n) is 5.20. The number of pyridine rings is 1. The van der Waals surface area contributed by atoms with Crippen molar-refractivity contribution in [3.8, 4) is 0 Å². The number of halogens is 1. The van der Waals surface area contributed by atoms with Gasteiger partial charge in [-0.15, -0.1) is 0 Å². The Hall–Kier alpha value is -2.58. The number of furan rings is 1. The molecule has 29 heavy (non-hydrogen) atoms. The number of nitrogens with one attached hydrogen (secondary N) is 1.